The molecule has 2 aromatic rings. The highest BCUT2D eigenvalue weighted by Gasteiger charge is 2.26. The van der Waals surface area contributed by atoms with Gasteiger partial charge in [-0.05, 0) is 37.5 Å². The Labute approximate surface area is 176 Å². The van der Waals surface area contributed by atoms with Gasteiger partial charge in [0.1, 0.15) is 6.04 Å². The number of carbonyl (C=O) groups is 4. The fraction of sp³-hybridized carbons (Fsp3) is 0.304. The van der Waals surface area contributed by atoms with Crippen LogP contribution in [0, 0.1) is 6.92 Å². The molecule has 0 saturated heterocycles. The average molecular weight is 409 g/mol. The van der Waals surface area contributed by atoms with E-state index in [9.17, 15) is 19.2 Å². The first-order chi connectivity index (χ1) is 14.4. The van der Waals surface area contributed by atoms with Crippen LogP contribution < -0.4 is 10.6 Å². The molecule has 0 aliphatic rings. The summed E-state index contributed by atoms with van der Waals surface area (Å²) >= 11 is 0. The molecule has 1 atom stereocenters. The lowest BCUT2D eigenvalue weighted by molar-refractivity contribution is -0.137. The van der Waals surface area contributed by atoms with Crippen molar-refractivity contribution < 1.29 is 19.2 Å². The molecule has 2 rings (SSSR count). The third-order valence-electron chi connectivity index (χ3n) is 4.67. The second kappa shape index (κ2) is 10.9. The van der Waals surface area contributed by atoms with E-state index >= 15 is 0 Å². The Morgan fingerprint density at radius 1 is 1.10 bits per heavy atom. The quantitative estimate of drug-likeness (QED) is 0.466. The number of nitrogens with zero attached hydrogens (tertiary/aromatic N) is 1. The molecule has 2 aromatic carbocycles. The Balaban J connectivity index is 2.18. The number of amides is 3. The molecule has 0 fully saturated rings. The number of ketones is 1. The molecule has 0 heterocycles. The van der Waals surface area contributed by atoms with E-state index in [1.807, 2.05) is 19.9 Å². The van der Waals surface area contributed by atoms with E-state index in [1.165, 1.54) is 11.8 Å². The van der Waals surface area contributed by atoms with Crippen LogP contribution in [0.4, 0.5) is 5.69 Å². The predicted molar refractivity (Wildman–Crippen MR) is 115 cm³/mol. The molecule has 0 aromatic heterocycles. The van der Waals surface area contributed by atoms with Crippen molar-refractivity contribution in [3.8, 4) is 0 Å². The summed E-state index contributed by atoms with van der Waals surface area (Å²) in [6, 6.07) is 13.1. The summed E-state index contributed by atoms with van der Waals surface area (Å²) in [5.74, 6) is -0.836. The summed E-state index contributed by atoms with van der Waals surface area (Å²) in [5.41, 5.74) is 2.48. The van der Waals surface area contributed by atoms with Gasteiger partial charge in [-0.1, -0.05) is 49.4 Å². The fourth-order valence-electron chi connectivity index (χ4n) is 3.08. The Kier molecular flexibility index (Phi) is 8.29. The molecule has 0 radical (unpaired) electrons. The van der Waals surface area contributed by atoms with Crippen LogP contribution in [0.2, 0.25) is 0 Å². The number of hydrogen-bond donors (Lipinski definition) is 2. The van der Waals surface area contributed by atoms with Crippen LogP contribution in [0.25, 0.3) is 0 Å². The van der Waals surface area contributed by atoms with E-state index in [0.29, 0.717) is 36.2 Å². The van der Waals surface area contributed by atoms with E-state index in [4.69, 9.17) is 0 Å². The lowest BCUT2D eigenvalue weighted by atomic mass is 10.1. The van der Waals surface area contributed by atoms with E-state index in [0.717, 1.165) is 5.56 Å². The van der Waals surface area contributed by atoms with E-state index in [1.54, 1.807) is 42.5 Å². The molecule has 0 aliphatic heterocycles. The van der Waals surface area contributed by atoms with Gasteiger partial charge in [0.15, 0.2) is 5.78 Å². The van der Waals surface area contributed by atoms with Gasteiger partial charge in [-0.25, -0.2) is 0 Å². The predicted octanol–water partition coefficient (Wildman–Crippen LogP) is 2.86. The SMILES string of the molecule is CCCN(CC(=O)Nc1cc(C(C)=O)ccc1C)C(=O)[C@H](NC=O)c1ccccc1. The van der Waals surface area contributed by atoms with Gasteiger partial charge in [-0.2, -0.15) is 0 Å². The molecular weight excluding hydrogens is 382 g/mol. The van der Waals surface area contributed by atoms with Crippen LogP contribution in [0.1, 0.15) is 47.8 Å². The summed E-state index contributed by atoms with van der Waals surface area (Å²) in [5, 5.41) is 5.33. The standard InChI is InChI=1S/C23H27N3O4/c1-4-12-26(23(30)22(24-15-27)18-8-6-5-7-9-18)14-21(29)25-20-13-19(17(3)28)11-10-16(20)2/h5-11,13,15,22H,4,12,14H2,1-3H3,(H,24,27)(H,25,29)/t22-/m1/s1. The lowest BCUT2D eigenvalue weighted by Gasteiger charge is -2.26. The summed E-state index contributed by atoms with van der Waals surface area (Å²) in [4.78, 5) is 49.9. The molecule has 0 unspecified atom stereocenters. The number of carbonyl (C=O) groups excluding carboxylic acids is 4. The molecular formula is C23H27N3O4. The highest BCUT2D eigenvalue weighted by Crippen LogP contribution is 2.19. The van der Waals surface area contributed by atoms with Crippen molar-refractivity contribution in [2.24, 2.45) is 0 Å². The van der Waals surface area contributed by atoms with Gasteiger partial charge >= 0.3 is 0 Å². The first-order valence-corrected chi connectivity index (χ1v) is 9.82. The van der Waals surface area contributed by atoms with Crippen molar-refractivity contribution in [2.75, 3.05) is 18.4 Å². The molecule has 3 amide bonds. The Hall–Kier alpha value is -3.48. The normalized spacial score (nSPS) is 11.3. The zero-order valence-electron chi connectivity index (χ0n) is 17.5. The van der Waals surface area contributed by atoms with Crippen molar-refractivity contribution in [1.29, 1.82) is 0 Å². The van der Waals surface area contributed by atoms with Gasteiger partial charge < -0.3 is 15.5 Å². The first kappa shape index (κ1) is 22.8. The number of anilines is 1. The molecule has 0 bridgehead atoms. The van der Waals surface area contributed by atoms with Gasteiger partial charge in [-0.3, -0.25) is 19.2 Å². The van der Waals surface area contributed by atoms with Crippen LogP contribution in [-0.4, -0.2) is 42.0 Å². The van der Waals surface area contributed by atoms with Gasteiger partial charge in [0.05, 0.1) is 6.54 Å². The number of nitrogens with one attached hydrogen (secondary N) is 2. The minimum absolute atomic E-state index is 0.0982. The Morgan fingerprint density at radius 3 is 2.40 bits per heavy atom. The van der Waals surface area contributed by atoms with Crippen molar-refractivity contribution in [3.05, 3.63) is 65.2 Å². The van der Waals surface area contributed by atoms with E-state index < -0.39 is 6.04 Å². The summed E-state index contributed by atoms with van der Waals surface area (Å²) in [7, 11) is 0. The Morgan fingerprint density at radius 2 is 1.80 bits per heavy atom. The summed E-state index contributed by atoms with van der Waals surface area (Å²) < 4.78 is 0. The largest absolute Gasteiger partial charge is 0.343 e. The van der Waals surface area contributed by atoms with Gasteiger partial charge in [0.25, 0.3) is 0 Å². The van der Waals surface area contributed by atoms with Crippen LogP contribution in [0.5, 0.6) is 0 Å². The van der Waals surface area contributed by atoms with Gasteiger partial charge in [0, 0.05) is 17.8 Å². The minimum Gasteiger partial charge on any atom is -0.343 e. The highest BCUT2D eigenvalue weighted by molar-refractivity contribution is 5.99. The molecule has 7 heteroatoms. The maximum absolute atomic E-state index is 13.1. The molecule has 30 heavy (non-hydrogen) atoms. The van der Waals surface area contributed by atoms with Crippen molar-refractivity contribution >= 4 is 29.7 Å². The van der Waals surface area contributed by atoms with Crippen molar-refractivity contribution in [2.45, 2.75) is 33.2 Å². The fourth-order valence-corrected chi connectivity index (χ4v) is 3.08. The number of Topliss-reactive ketones (excluding diaryl/α,β-unsaturated/α-hetero) is 1. The molecule has 7 nitrogen and oxygen atoms in total. The zero-order chi connectivity index (χ0) is 22.1. The van der Waals surface area contributed by atoms with Gasteiger partial charge in [-0.15, -0.1) is 0 Å². The van der Waals surface area contributed by atoms with Crippen LogP contribution in [0.15, 0.2) is 48.5 Å². The first-order valence-electron chi connectivity index (χ1n) is 9.82. The molecule has 0 spiro atoms. The number of benzene rings is 2. The summed E-state index contributed by atoms with van der Waals surface area (Å²) in [6.07, 6.45) is 1.14. The molecule has 2 N–H and O–H groups in total. The molecule has 0 saturated carbocycles. The summed E-state index contributed by atoms with van der Waals surface area (Å²) in [6.45, 7) is 5.39. The van der Waals surface area contributed by atoms with Crippen LogP contribution in [-0.2, 0) is 14.4 Å². The van der Waals surface area contributed by atoms with Crippen LogP contribution >= 0.6 is 0 Å². The minimum atomic E-state index is -0.870. The zero-order valence-corrected chi connectivity index (χ0v) is 17.5. The van der Waals surface area contributed by atoms with Crippen LogP contribution in [0.3, 0.4) is 0 Å². The third-order valence-corrected chi connectivity index (χ3v) is 4.67. The highest BCUT2D eigenvalue weighted by atomic mass is 16.2. The average Bonchev–Trinajstić information content (AvgIpc) is 2.73. The monoisotopic (exact) mass is 409 g/mol. The van der Waals surface area contributed by atoms with Gasteiger partial charge in [0.2, 0.25) is 18.2 Å². The van der Waals surface area contributed by atoms with E-state index in [2.05, 4.69) is 10.6 Å². The topological polar surface area (TPSA) is 95.6 Å². The maximum Gasteiger partial charge on any atom is 0.250 e. The van der Waals surface area contributed by atoms with Crippen molar-refractivity contribution in [1.82, 2.24) is 10.2 Å². The smallest absolute Gasteiger partial charge is 0.250 e. The number of hydrogen-bond acceptors (Lipinski definition) is 4. The molecule has 158 valence electrons. The van der Waals surface area contributed by atoms with E-state index in [-0.39, 0.29) is 24.1 Å². The lowest BCUT2D eigenvalue weighted by Crippen LogP contribution is -2.44. The number of rotatable bonds is 10. The Bertz CT molecular complexity index is 912. The second-order valence-corrected chi connectivity index (χ2v) is 7.02. The maximum atomic E-state index is 13.1. The second-order valence-electron chi connectivity index (χ2n) is 7.02. The molecule has 0 aliphatic carbocycles. The third kappa shape index (κ3) is 6.01. The van der Waals surface area contributed by atoms with Crippen molar-refractivity contribution in [3.63, 3.8) is 0 Å². The number of aryl methyl sites for hydroxylation is 1.